The predicted molar refractivity (Wildman–Crippen MR) is 66.7 cm³/mol. The molecule has 1 saturated carbocycles. The first-order valence-corrected chi connectivity index (χ1v) is 6.34. The maximum absolute atomic E-state index is 2.52. The van der Waals surface area contributed by atoms with Gasteiger partial charge in [-0.1, -0.05) is 30.2 Å². The lowest BCUT2D eigenvalue weighted by molar-refractivity contribution is -0.0312. The summed E-state index contributed by atoms with van der Waals surface area (Å²) in [6.07, 6.45) is 10.3. The minimum atomic E-state index is 0.630. The third-order valence-corrected chi connectivity index (χ3v) is 4.76. The molecule has 3 atom stereocenters. The fourth-order valence-electron chi connectivity index (χ4n) is 3.54. The lowest BCUT2D eigenvalue weighted by Crippen LogP contribution is -2.49. The zero-order valence-corrected chi connectivity index (χ0v) is 10.6. The molecule has 84 valence electrons. The molecule has 0 heterocycles. The largest absolute Gasteiger partial charge is 0.0859 e. The maximum atomic E-state index is 2.52. The zero-order chi connectivity index (χ0) is 11.1. The van der Waals surface area contributed by atoms with Gasteiger partial charge in [0, 0.05) is 0 Å². The summed E-state index contributed by atoms with van der Waals surface area (Å²) in [7, 11) is 0. The Bertz CT molecular complexity index is 304. The van der Waals surface area contributed by atoms with Crippen LogP contribution in [0.1, 0.15) is 53.4 Å². The van der Waals surface area contributed by atoms with Crippen LogP contribution in [0.15, 0.2) is 23.3 Å². The zero-order valence-electron chi connectivity index (χ0n) is 10.6. The number of hydrogen-bond acceptors (Lipinski definition) is 0. The van der Waals surface area contributed by atoms with Crippen LogP contribution < -0.4 is 0 Å². The van der Waals surface area contributed by atoms with E-state index in [-0.39, 0.29) is 0 Å². The molecule has 0 aromatic carbocycles. The molecular formula is C15H24. The van der Waals surface area contributed by atoms with Crippen LogP contribution in [0.5, 0.6) is 0 Å². The summed E-state index contributed by atoms with van der Waals surface area (Å²) < 4.78 is 0. The fourth-order valence-corrected chi connectivity index (χ4v) is 3.54. The Kier molecular flexibility index (Phi) is 2.79. The summed E-state index contributed by atoms with van der Waals surface area (Å²) in [5, 5.41) is 0. The fraction of sp³-hybridized carbons (Fsp3) is 0.733. The topological polar surface area (TPSA) is 0 Å². The van der Waals surface area contributed by atoms with Crippen molar-refractivity contribution in [2.24, 2.45) is 17.3 Å². The maximum Gasteiger partial charge on any atom is -0.0146 e. The molecule has 0 saturated heterocycles. The van der Waals surface area contributed by atoms with Crippen molar-refractivity contribution < 1.29 is 0 Å². The Morgan fingerprint density at radius 3 is 2.80 bits per heavy atom. The molecule has 3 aliphatic rings. The second-order valence-corrected chi connectivity index (χ2v) is 6.00. The van der Waals surface area contributed by atoms with Gasteiger partial charge in [0.25, 0.3) is 0 Å². The second-order valence-electron chi connectivity index (χ2n) is 6.00. The molecule has 3 aliphatic carbocycles. The average molecular weight is 204 g/mol. The van der Waals surface area contributed by atoms with Crippen molar-refractivity contribution in [3.8, 4) is 0 Å². The minimum absolute atomic E-state index is 0.630. The first-order chi connectivity index (χ1) is 7.04. The molecule has 3 rings (SSSR count). The first-order valence-electron chi connectivity index (χ1n) is 6.34. The molecule has 0 aromatic rings. The smallest absolute Gasteiger partial charge is 0.0146 e. The van der Waals surface area contributed by atoms with Gasteiger partial charge in [0.1, 0.15) is 0 Å². The Morgan fingerprint density at radius 2 is 2.27 bits per heavy atom. The van der Waals surface area contributed by atoms with E-state index >= 15 is 0 Å². The molecule has 0 aliphatic heterocycles. The average Bonchev–Trinajstić information content (AvgIpc) is 2.16. The summed E-state index contributed by atoms with van der Waals surface area (Å²) in [5.74, 6) is 1.89. The molecule has 2 bridgehead atoms. The van der Waals surface area contributed by atoms with Gasteiger partial charge < -0.3 is 0 Å². The standard InChI is InChI=1S/C15H24/c1-11(2)6-5-9-15(4)13-8-7-12(3)14(15)10-13/h6-7,13-14H,5,8-10H2,1-4H3/t13-,14+,15-/m1/s1. The molecule has 0 N–H and O–H groups in total. The van der Waals surface area contributed by atoms with Crippen LogP contribution in [0.2, 0.25) is 0 Å². The molecule has 15 heavy (non-hydrogen) atoms. The highest BCUT2D eigenvalue weighted by Crippen LogP contribution is 2.61. The molecule has 0 nitrogen and oxygen atoms in total. The monoisotopic (exact) mass is 204 g/mol. The van der Waals surface area contributed by atoms with Crippen molar-refractivity contribution in [2.45, 2.75) is 53.4 Å². The molecule has 0 spiro atoms. The van der Waals surface area contributed by atoms with Crippen molar-refractivity contribution in [3.63, 3.8) is 0 Å². The van der Waals surface area contributed by atoms with Crippen LogP contribution in [-0.2, 0) is 0 Å². The second kappa shape index (κ2) is 3.81. The Hall–Kier alpha value is -0.520. The van der Waals surface area contributed by atoms with Crippen molar-refractivity contribution in [1.29, 1.82) is 0 Å². The van der Waals surface area contributed by atoms with Crippen LogP contribution >= 0.6 is 0 Å². The van der Waals surface area contributed by atoms with Crippen molar-refractivity contribution in [3.05, 3.63) is 23.3 Å². The van der Waals surface area contributed by atoms with E-state index in [0.29, 0.717) is 5.41 Å². The SMILES string of the molecule is CC(C)=CCC[C@]1(C)[C@@H]2CC=C(C)[C@@H]1C2. The molecule has 0 aromatic heterocycles. The minimum Gasteiger partial charge on any atom is -0.0859 e. The van der Waals surface area contributed by atoms with Crippen molar-refractivity contribution in [1.82, 2.24) is 0 Å². The summed E-state index contributed by atoms with van der Waals surface area (Å²) in [5.41, 5.74) is 3.76. The van der Waals surface area contributed by atoms with Crippen LogP contribution in [0, 0.1) is 17.3 Å². The highest BCUT2D eigenvalue weighted by Gasteiger charge is 2.52. The summed E-state index contributed by atoms with van der Waals surface area (Å²) in [6, 6.07) is 0. The highest BCUT2D eigenvalue weighted by atomic mass is 14.6. The lowest BCUT2D eigenvalue weighted by Gasteiger charge is -2.58. The Labute approximate surface area is 94.5 Å². The Morgan fingerprint density at radius 1 is 1.53 bits per heavy atom. The van der Waals surface area contributed by atoms with Gasteiger partial charge in [-0.2, -0.15) is 0 Å². The summed E-state index contributed by atoms with van der Waals surface area (Å²) >= 11 is 0. The highest BCUT2D eigenvalue weighted by molar-refractivity contribution is 5.22. The molecule has 1 fully saturated rings. The van der Waals surface area contributed by atoms with Gasteiger partial charge in [-0.15, -0.1) is 0 Å². The van der Waals surface area contributed by atoms with Gasteiger partial charge in [0.05, 0.1) is 0 Å². The van der Waals surface area contributed by atoms with E-state index in [9.17, 15) is 0 Å². The van der Waals surface area contributed by atoms with Crippen LogP contribution in [-0.4, -0.2) is 0 Å². The molecule has 0 radical (unpaired) electrons. The van der Waals surface area contributed by atoms with Crippen LogP contribution in [0.25, 0.3) is 0 Å². The van der Waals surface area contributed by atoms with Crippen LogP contribution in [0.4, 0.5) is 0 Å². The van der Waals surface area contributed by atoms with E-state index < -0.39 is 0 Å². The number of fused-ring (bicyclic) bond motifs is 1. The van der Waals surface area contributed by atoms with Gasteiger partial charge >= 0.3 is 0 Å². The Balaban J connectivity index is 1.98. The quantitative estimate of drug-likeness (QED) is 0.583. The number of rotatable bonds is 3. The third-order valence-electron chi connectivity index (χ3n) is 4.76. The van der Waals surface area contributed by atoms with Gasteiger partial charge in [0.2, 0.25) is 0 Å². The molecule has 0 amide bonds. The first kappa shape index (κ1) is 11.0. The van der Waals surface area contributed by atoms with E-state index in [1.54, 1.807) is 5.57 Å². The number of hydrogen-bond donors (Lipinski definition) is 0. The van der Waals surface area contributed by atoms with Crippen LogP contribution in [0.3, 0.4) is 0 Å². The van der Waals surface area contributed by atoms with E-state index in [1.807, 2.05) is 0 Å². The van der Waals surface area contributed by atoms with E-state index in [2.05, 4.69) is 39.8 Å². The van der Waals surface area contributed by atoms with Crippen molar-refractivity contribution >= 4 is 0 Å². The van der Waals surface area contributed by atoms with Crippen molar-refractivity contribution in [2.75, 3.05) is 0 Å². The summed E-state index contributed by atoms with van der Waals surface area (Å²) in [4.78, 5) is 0. The summed E-state index contributed by atoms with van der Waals surface area (Å²) in [6.45, 7) is 9.25. The third kappa shape index (κ3) is 1.79. The van der Waals surface area contributed by atoms with E-state index in [4.69, 9.17) is 0 Å². The number of allylic oxidation sites excluding steroid dienone is 4. The normalized spacial score (nSPS) is 38.0. The van der Waals surface area contributed by atoms with E-state index in [0.717, 1.165) is 11.8 Å². The van der Waals surface area contributed by atoms with Gasteiger partial charge in [0.15, 0.2) is 0 Å². The molecular weight excluding hydrogens is 180 g/mol. The lowest BCUT2D eigenvalue weighted by atomic mass is 9.47. The predicted octanol–water partition coefficient (Wildman–Crippen LogP) is 4.73. The van der Waals surface area contributed by atoms with Gasteiger partial charge in [-0.05, 0) is 63.7 Å². The van der Waals surface area contributed by atoms with Gasteiger partial charge in [-0.25, -0.2) is 0 Å². The molecule has 0 unspecified atom stereocenters. The van der Waals surface area contributed by atoms with E-state index in [1.165, 1.54) is 31.3 Å². The molecule has 0 heteroatoms. The van der Waals surface area contributed by atoms with Gasteiger partial charge in [-0.3, -0.25) is 0 Å².